The lowest BCUT2D eigenvalue weighted by molar-refractivity contribution is -0.132. The van der Waals surface area contributed by atoms with Gasteiger partial charge in [-0.2, -0.15) is 8.78 Å². The molecule has 1 aromatic carbocycles. The standard InChI is InChI=1S/C22H30F3N7O4S/c1-28-4-7-30(8-5-28)27-21(37)32-9-6-29(10-11-35-32)18-3-2-15(12-17(18)23)31-14-16(36-22(31)34)13-26-20(33)19(24)25/h2-3,12,16,19H,4-11,13-14H2,1H3,(H,26,33)(H,27,37)/t16-/m0/s1. The summed E-state index contributed by atoms with van der Waals surface area (Å²) in [6.45, 7) is 4.89. The molecule has 0 spiro atoms. The largest absolute Gasteiger partial charge is 0.442 e. The first-order valence-corrected chi connectivity index (χ1v) is 12.3. The average molecular weight is 546 g/mol. The summed E-state index contributed by atoms with van der Waals surface area (Å²) in [5.74, 6) is -1.98. The van der Waals surface area contributed by atoms with E-state index >= 15 is 4.39 Å². The van der Waals surface area contributed by atoms with Gasteiger partial charge in [0.1, 0.15) is 11.9 Å². The summed E-state index contributed by atoms with van der Waals surface area (Å²) in [6.07, 6.45) is -4.73. The number of ether oxygens (including phenoxy) is 1. The number of cyclic esters (lactones) is 1. The van der Waals surface area contributed by atoms with Gasteiger partial charge < -0.3 is 19.9 Å². The van der Waals surface area contributed by atoms with Crippen LogP contribution in [-0.2, 0) is 14.4 Å². The zero-order chi connectivity index (χ0) is 26.5. The predicted molar refractivity (Wildman–Crippen MR) is 133 cm³/mol. The maximum absolute atomic E-state index is 15.1. The molecule has 4 rings (SSSR count). The second-order valence-corrected chi connectivity index (χ2v) is 9.31. The molecule has 3 aliphatic heterocycles. The number of anilines is 2. The molecule has 15 heteroatoms. The smallest absolute Gasteiger partial charge is 0.414 e. The van der Waals surface area contributed by atoms with Crippen LogP contribution >= 0.6 is 12.2 Å². The van der Waals surface area contributed by atoms with Crippen LogP contribution in [0.3, 0.4) is 0 Å². The highest BCUT2D eigenvalue weighted by Crippen LogP contribution is 2.28. The lowest BCUT2D eigenvalue weighted by atomic mass is 10.2. The van der Waals surface area contributed by atoms with Crippen LogP contribution in [0, 0.1) is 5.82 Å². The van der Waals surface area contributed by atoms with Gasteiger partial charge in [0.05, 0.1) is 37.6 Å². The van der Waals surface area contributed by atoms with Gasteiger partial charge in [0.15, 0.2) is 0 Å². The van der Waals surface area contributed by atoms with Gasteiger partial charge in [-0.05, 0) is 37.5 Å². The van der Waals surface area contributed by atoms with Crippen molar-refractivity contribution in [3.8, 4) is 0 Å². The second-order valence-electron chi connectivity index (χ2n) is 8.93. The van der Waals surface area contributed by atoms with Gasteiger partial charge in [-0.3, -0.25) is 20.0 Å². The van der Waals surface area contributed by atoms with Crippen molar-refractivity contribution in [2.24, 2.45) is 0 Å². The quantitative estimate of drug-likeness (QED) is 0.496. The Morgan fingerprint density at radius 2 is 1.92 bits per heavy atom. The molecule has 0 aliphatic carbocycles. The number of hydrazine groups is 1. The Morgan fingerprint density at radius 3 is 2.62 bits per heavy atom. The third-order valence-electron chi connectivity index (χ3n) is 6.32. The van der Waals surface area contributed by atoms with Gasteiger partial charge in [-0.1, -0.05) is 0 Å². The van der Waals surface area contributed by atoms with E-state index in [0.717, 1.165) is 26.2 Å². The molecule has 204 valence electrons. The number of hydroxylamine groups is 2. The van der Waals surface area contributed by atoms with Crippen LogP contribution in [0.1, 0.15) is 0 Å². The number of thiocarbonyl (C=S) groups is 1. The number of carbonyl (C=O) groups excluding carboxylic acids is 2. The molecule has 37 heavy (non-hydrogen) atoms. The highest BCUT2D eigenvalue weighted by Gasteiger charge is 2.34. The van der Waals surface area contributed by atoms with Gasteiger partial charge in [0.25, 0.3) is 5.91 Å². The van der Waals surface area contributed by atoms with Crippen LogP contribution in [0.15, 0.2) is 18.2 Å². The Labute approximate surface area is 217 Å². The lowest BCUT2D eigenvalue weighted by Crippen LogP contribution is -2.55. The first-order valence-electron chi connectivity index (χ1n) is 11.9. The van der Waals surface area contributed by atoms with Crippen molar-refractivity contribution in [3.63, 3.8) is 0 Å². The fraction of sp³-hybridized carbons (Fsp3) is 0.591. The molecule has 2 N–H and O–H groups in total. The third-order valence-corrected chi connectivity index (χ3v) is 6.62. The van der Waals surface area contributed by atoms with E-state index in [0.29, 0.717) is 37.0 Å². The molecule has 0 saturated carbocycles. The van der Waals surface area contributed by atoms with Crippen molar-refractivity contribution >= 4 is 40.7 Å². The molecule has 0 radical (unpaired) electrons. The number of alkyl halides is 2. The normalized spacial score (nSPS) is 21.7. The summed E-state index contributed by atoms with van der Waals surface area (Å²) in [7, 11) is 2.07. The Balaban J connectivity index is 1.31. The Morgan fingerprint density at radius 1 is 1.16 bits per heavy atom. The minimum atomic E-state index is -3.16. The summed E-state index contributed by atoms with van der Waals surface area (Å²) >= 11 is 5.50. The van der Waals surface area contributed by atoms with Crippen molar-refractivity contribution in [1.82, 2.24) is 25.7 Å². The molecule has 3 aliphatic rings. The molecule has 1 atom stereocenters. The second kappa shape index (κ2) is 12.1. The zero-order valence-corrected chi connectivity index (χ0v) is 21.2. The number of carbonyl (C=O) groups is 2. The van der Waals surface area contributed by atoms with Crippen molar-refractivity contribution < 1.29 is 32.3 Å². The fourth-order valence-electron chi connectivity index (χ4n) is 4.21. The van der Waals surface area contributed by atoms with E-state index in [4.69, 9.17) is 21.8 Å². The predicted octanol–water partition coefficient (Wildman–Crippen LogP) is 0.623. The van der Waals surface area contributed by atoms with E-state index in [-0.39, 0.29) is 18.8 Å². The van der Waals surface area contributed by atoms with Crippen LogP contribution in [0.4, 0.5) is 29.3 Å². The highest BCUT2D eigenvalue weighted by atomic mass is 32.1. The number of hydrogen-bond donors (Lipinski definition) is 2. The fourth-order valence-corrected chi connectivity index (χ4v) is 4.48. The Bertz CT molecular complexity index is 999. The van der Waals surface area contributed by atoms with Gasteiger partial charge in [-0.15, -0.1) is 0 Å². The summed E-state index contributed by atoms with van der Waals surface area (Å²) in [4.78, 5) is 34.3. The van der Waals surface area contributed by atoms with Crippen LogP contribution in [-0.4, -0.2) is 117 Å². The summed E-state index contributed by atoms with van der Waals surface area (Å²) in [5, 5.41) is 6.12. The minimum Gasteiger partial charge on any atom is -0.442 e. The van der Waals surface area contributed by atoms with Crippen LogP contribution in [0.25, 0.3) is 0 Å². The Hall–Kier alpha value is -2.88. The average Bonchev–Trinajstić information content (AvgIpc) is 3.07. The summed E-state index contributed by atoms with van der Waals surface area (Å²) in [5.41, 5.74) is 3.82. The van der Waals surface area contributed by atoms with Crippen molar-refractivity contribution in [2.75, 3.05) is 82.4 Å². The molecule has 3 heterocycles. The molecular weight excluding hydrogens is 515 g/mol. The van der Waals surface area contributed by atoms with Gasteiger partial charge in [-0.25, -0.2) is 19.3 Å². The van der Waals surface area contributed by atoms with Gasteiger partial charge in [0, 0.05) is 39.3 Å². The topological polar surface area (TPSA) is 92.9 Å². The zero-order valence-electron chi connectivity index (χ0n) is 20.4. The van der Waals surface area contributed by atoms with Crippen LogP contribution in [0.2, 0.25) is 0 Å². The van der Waals surface area contributed by atoms with E-state index in [1.807, 2.05) is 15.2 Å². The molecule has 2 amide bonds. The number of benzene rings is 1. The molecule has 1 aromatic rings. The van der Waals surface area contributed by atoms with E-state index in [2.05, 4.69) is 17.4 Å². The minimum absolute atomic E-state index is 0.00853. The van der Waals surface area contributed by atoms with Crippen molar-refractivity contribution in [1.29, 1.82) is 0 Å². The van der Waals surface area contributed by atoms with Crippen LogP contribution < -0.4 is 20.5 Å². The number of piperazine rings is 1. The number of likely N-dealkylation sites (N-methyl/N-ethyl adjacent to an activating group) is 1. The van der Waals surface area contributed by atoms with E-state index in [1.54, 1.807) is 17.2 Å². The number of nitrogens with zero attached hydrogens (tertiary/aromatic N) is 5. The number of hydrogen-bond acceptors (Lipinski definition) is 8. The maximum atomic E-state index is 15.1. The van der Waals surface area contributed by atoms with Crippen molar-refractivity contribution in [2.45, 2.75) is 12.5 Å². The molecule has 0 unspecified atom stereocenters. The molecule has 3 fully saturated rings. The monoisotopic (exact) mass is 545 g/mol. The van der Waals surface area contributed by atoms with Crippen molar-refractivity contribution in [3.05, 3.63) is 24.0 Å². The van der Waals surface area contributed by atoms with E-state index < -0.39 is 30.3 Å². The number of nitrogens with one attached hydrogen (secondary N) is 2. The van der Waals surface area contributed by atoms with E-state index in [9.17, 15) is 18.4 Å². The molecule has 11 nitrogen and oxygen atoms in total. The summed E-state index contributed by atoms with van der Waals surface area (Å²) < 4.78 is 44.9. The molecule has 0 bridgehead atoms. The van der Waals surface area contributed by atoms with Gasteiger partial charge in [0.2, 0.25) is 5.11 Å². The maximum Gasteiger partial charge on any atom is 0.414 e. The molecule has 0 aromatic heterocycles. The number of rotatable bonds is 6. The number of halogens is 3. The molecular formula is C22H30F3N7O4S. The third kappa shape index (κ3) is 6.91. The molecule has 3 saturated heterocycles. The lowest BCUT2D eigenvalue weighted by Gasteiger charge is -2.34. The Kier molecular flexibility index (Phi) is 8.89. The van der Waals surface area contributed by atoms with Crippen LogP contribution in [0.5, 0.6) is 0 Å². The first-order chi connectivity index (χ1) is 17.7. The highest BCUT2D eigenvalue weighted by molar-refractivity contribution is 7.80. The van der Waals surface area contributed by atoms with E-state index in [1.165, 1.54) is 11.0 Å². The summed E-state index contributed by atoms with van der Waals surface area (Å²) in [6, 6.07) is 4.38. The van der Waals surface area contributed by atoms with Gasteiger partial charge >= 0.3 is 12.5 Å². The number of amides is 2. The SMILES string of the molecule is CN1CCN(NC(=S)N2CCN(c3ccc(N4C[C@H](CNC(=O)C(F)F)OC4=O)cc3F)CCO2)CC1. The first kappa shape index (κ1) is 27.2.